The molecule has 0 heterocycles. The summed E-state index contributed by atoms with van der Waals surface area (Å²) in [6.07, 6.45) is -0.620. The lowest BCUT2D eigenvalue weighted by Gasteiger charge is -2.15. The molecule has 2 aromatic rings. The molecule has 0 saturated carbocycles. The largest absolute Gasteiger partial charge is 0.481 e. The van der Waals surface area contributed by atoms with E-state index in [-0.39, 0.29) is 11.5 Å². The van der Waals surface area contributed by atoms with Crippen LogP contribution in [0.1, 0.15) is 34.0 Å². The summed E-state index contributed by atoms with van der Waals surface area (Å²) in [5, 5.41) is 11.6. The molecule has 2 aromatic carbocycles. The van der Waals surface area contributed by atoms with Crippen LogP contribution in [0.25, 0.3) is 0 Å². The summed E-state index contributed by atoms with van der Waals surface area (Å²) in [5.74, 6) is -0.539. The van der Waals surface area contributed by atoms with Crippen molar-refractivity contribution in [1.29, 1.82) is 0 Å². The van der Waals surface area contributed by atoms with E-state index in [1.165, 1.54) is 17.7 Å². The number of carboxylic acids is 1. The fraction of sp³-hybridized carbons (Fsp3) is 0.263. The van der Waals surface area contributed by atoms with E-state index in [1.54, 1.807) is 19.1 Å². The van der Waals surface area contributed by atoms with E-state index >= 15 is 0 Å². The Kier molecular flexibility index (Phi) is 5.58. The molecule has 1 atom stereocenters. The second-order valence-electron chi connectivity index (χ2n) is 5.73. The van der Waals surface area contributed by atoms with Crippen LogP contribution in [0.15, 0.2) is 42.5 Å². The van der Waals surface area contributed by atoms with Gasteiger partial charge in [0.05, 0.1) is 5.56 Å². The highest BCUT2D eigenvalue weighted by Crippen LogP contribution is 2.17. The van der Waals surface area contributed by atoms with Crippen molar-refractivity contribution in [2.75, 3.05) is 0 Å². The highest BCUT2D eigenvalue weighted by Gasteiger charge is 2.14. The van der Waals surface area contributed by atoms with Crippen LogP contribution in [0.5, 0.6) is 5.75 Å². The summed E-state index contributed by atoms with van der Waals surface area (Å²) < 4.78 is 5.66. The molecule has 5 nitrogen and oxygen atoms in total. The number of rotatable bonds is 6. The third-order valence-electron chi connectivity index (χ3n) is 3.83. The summed E-state index contributed by atoms with van der Waals surface area (Å²) >= 11 is 0. The lowest BCUT2D eigenvalue weighted by molar-refractivity contribution is -0.127. The van der Waals surface area contributed by atoms with Gasteiger partial charge in [0.1, 0.15) is 5.75 Å². The second kappa shape index (κ2) is 7.64. The van der Waals surface area contributed by atoms with Crippen LogP contribution in [0.3, 0.4) is 0 Å². The van der Waals surface area contributed by atoms with Crippen LogP contribution in [-0.2, 0) is 11.3 Å². The third-order valence-corrected chi connectivity index (χ3v) is 3.83. The molecule has 126 valence electrons. The van der Waals surface area contributed by atoms with Gasteiger partial charge in [-0.2, -0.15) is 0 Å². The lowest BCUT2D eigenvalue weighted by Crippen LogP contribution is -2.35. The Balaban J connectivity index is 1.89. The minimum absolute atomic E-state index is 0.219. The van der Waals surface area contributed by atoms with E-state index in [4.69, 9.17) is 9.84 Å². The van der Waals surface area contributed by atoms with E-state index < -0.39 is 12.1 Å². The van der Waals surface area contributed by atoms with E-state index in [1.807, 2.05) is 32.0 Å². The molecule has 2 rings (SSSR count). The van der Waals surface area contributed by atoms with Crippen LogP contribution in [0.4, 0.5) is 0 Å². The van der Waals surface area contributed by atoms with E-state index in [0.717, 1.165) is 11.1 Å². The first-order valence-corrected chi connectivity index (χ1v) is 7.70. The summed E-state index contributed by atoms with van der Waals surface area (Å²) in [5.41, 5.74) is 3.33. The average Bonchev–Trinajstić information content (AvgIpc) is 2.56. The van der Waals surface area contributed by atoms with Gasteiger partial charge < -0.3 is 15.2 Å². The van der Waals surface area contributed by atoms with E-state index in [9.17, 15) is 9.59 Å². The number of hydrogen-bond acceptors (Lipinski definition) is 3. The van der Waals surface area contributed by atoms with Gasteiger partial charge in [-0.15, -0.1) is 0 Å². The Labute approximate surface area is 141 Å². The number of carbonyl (C=O) groups excluding carboxylic acids is 1. The van der Waals surface area contributed by atoms with Crippen molar-refractivity contribution in [3.05, 3.63) is 64.7 Å². The van der Waals surface area contributed by atoms with Gasteiger partial charge in [-0.1, -0.05) is 18.2 Å². The van der Waals surface area contributed by atoms with Gasteiger partial charge in [0.25, 0.3) is 5.91 Å². The maximum absolute atomic E-state index is 12.1. The van der Waals surface area contributed by atoms with Gasteiger partial charge in [0.2, 0.25) is 0 Å². The number of nitrogens with one attached hydrogen (secondary N) is 1. The molecular weight excluding hydrogens is 306 g/mol. The van der Waals surface area contributed by atoms with Crippen molar-refractivity contribution >= 4 is 11.9 Å². The van der Waals surface area contributed by atoms with Gasteiger partial charge in [-0.05, 0) is 61.7 Å². The molecule has 0 radical (unpaired) electrons. The molecule has 0 aliphatic heterocycles. The van der Waals surface area contributed by atoms with Crippen molar-refractivity contribution in [3.8, 4) is 5.75 Å². The maximum atomic E-state index is 12.1. The molecule has 1 unspecified atom stereocenters. The molecule has 0 aliphatic carbocycles. The number of ether oxygens (including phenoxy) is 1. The zero-order valence-electron chi connectivity index (χ0n) is 14.0. The minimum Gasteiger partial charge on any atom is -0.481 e. The van der Waals surface area contributed by atoms with Crippen molar-refractivity contribution in [3.63, 3.8) is 0 Å². The molecular formula is C19H21NO4. The SMILES string of the molecule is Cc1ccc(OC(C)C(=O)NCc2ccc(C(=O)O)cc2)cc1C. The highest BCUT2D eigenvalue weighted by molar-refractivity contribution is 5.87. The molecule has 0 bridgehead atoms. The van der Waals surface area contributed by atoms with E-state index in [2.05, 4.69) is 5.32 Å². The molecule has 0 aliphatic rings. The Bertz CT molecular complexity index is 738. The lowest BCUT2D eigenvalue weighted by atomic mass is 10.1. The van der Waals surface area contributed by atoms with Gasteiger partial charge in [0, 0.05) is 6.54 Å². The molecule has 0 saturated heterocycles. The number of aromatic carboxylic acids is 1. The van der Waals surface area contributed by atoms with E-state index in [0.29, 0.717) is 12.3 Å². The molecule has 0 aromatic heterocycles. The molecule has 2 N–H and O–H groups in total. The normalized spacial score (nSPS) is 11.6. The molecule has 0 spiro atoms. The van der Waals surface area contributed by atoms with Crippen LogP contribution < -0.4 is 10.1 Å². The summed E-state index contributed by atoms with van der Waals surface area (Å²) in [6.45, 7) is 6.02. The maximum Gasteiger partial charge on any atom is 0.335 e. The molecule has 24 heavy (non-hydrogen) atoms. The highest BCUT2D eigenvalue weighted by atomic mass is 16.5. The number of carboxylic acid groups (broad SMARTS) is 1. The first kappa shape index (κ1) is 17.5. The number of amides is 1. The number of carbonyl (C=O) groups is 2. The van der Waals surface area contributed by atoms with Crippen molar-refractivity contribution in [2.45, 2.75) is 33.4 Å². The minimum atomic E-state index is -0.971. The molecule has 0 fully saturated rings. The van der Waals surface area contributed by atoms with Crippen LogP contribution in [0.2, 0.25) is 0 Å². The Morgan fingerprint density at radius 3 is 2.33 bits per heavy atom. The summed E-state index contributed by atoms with van der Waals surface area (Å²) in [7, 11) is 0. The van der Waals surface area contributed by atoms with Gasteiger partial charge in [0.15, 0.2) is 6.10 Å². The van der Waals surface area contributed by atoms with Crippen molar-refractivity contribution < 1.29 is 19.4 Å². The topological polar surface area (TPSA) is 75.6 Å². The van der Waals surface area contributed by atoms with Gasteiger partial charge >= 0.3 is 5.97 Å². The van der Waals surface area contributed by atoms with Crippen LogP contribution in [0, 0.1) is 13.8 Å². The van der Waals surface area contributed by atoms with Crippen LogP contribution >= 0.6 is 0 Å². The second-order valence-corrected chi connectivity index (χ2v) is 5.73. The van der Waals surface area contributed by atoms with Crippen molar-refractivity contribution in [2.24, 2.45) is 0 Å². The molecule has 5 heteroatoms. The zero-order chi connectivity index (χ0) is 17.7. The summed E-state index contributed by atoms with van der Waals surface area (Å²) in [6, 6.07) is 12.1. The average molecular weight is 327 g/mol. The number of hydrogen-bond donors (Lipinski definition) is 2. The molecule has 1 amide bonds. The smallest absolute Gasteiger partial charge is 0.335 e. The predicted molar refractivity (Wildman–Crippen MR) is 91.3 cm³/mol. The summed E-state index contributed by atoms with van der Waals surface area (Å²) in [4.78, 5) is 22.9. The monoisotopic (exact) mass is 327 g/mol. The quantitative estimate of drug-likeness (QED) is 0.855. The fourth-order valence-corrected chi connectivity index (χ4v) is 2.14. The number of benzene rings is 2. The Hall–Kier alpha value is -2.82. The zero-order valence-corrected chi connectivity index (χ0v) is 14.0. The van der Waals surface area contributed by atoms with Gasteiger partial charge in [-0.3, -0.25) is 4.79 Å². The Morgan fingerprint density at radius 1 is 1.08 bits per heavy atom. The predicted octanol–water partition coefficient (Wildman–Crippen LogP) is 3.09. The third kappa shape index (κ3) is 4.59. The number of aryl methyl sites for hydroxylation is 2. The van der Waals surface area contributed by atoms with Crippen molar-refractivity contribution in [1.82, 2.24) is 5.32 Å². The van der Waals surface area contributed by atoms with Gasteiger partial charge in [-0.25, -0.2) is 4.79 Å². The first-order chi connectivity index (χ1) is 11.4. The fourth-order valence-electron chi connectivity index (χ4n) is 2.14. The Morgan fingerprint density at radius 2 is 1.75 bits per heavy atom. The first-order valence-electron chi connectivity index (χ1n) is 7.70. The standard InChI is InChI=1S/C19H21NO4/c1-12-4-9-17(10-13(12)2)24-14(3)18(21)20-11-15-5-7-16(8-6-15)19(22)23/h4-10,14H,11H2,1-3H3,(H,20,21)(H,22,23). The van der Waals surface area contributed by atoms with Crippen LogP contribution in [-0.4, -0.2) is 23.1 Å².